The van der Waals surface area contributed by atoms with Gasteiger partial charge in [-0.2, -0.15) is 0 Å². The Balaban J connectivity index is 1.90. The van der Waals surface area contributed by atoms with E-state index in [4.69, 9.17) is 0 Å². The number of allylic oxidation sites excluding steroid dienone is 16. The standard InChI is InChI=1S/C40H54/c1-31(19-13-21-33(3)25-27-37-35(5)23-15-29-39(37,7)8)17-11-12-18-32(2)20-14-22-34(4)26-28-38-36(6)24-16-30-40(38,9)10/h13,17-19,21-22,26-28,35H,15-16,23-25,29-30H2,1-10H3/b19-13-,28-26+,31-17+,32-18+,33-21-,34-22+,37-27+. The van der Waals surface area contributed by atoms with E-state index in [1.165, 1.54) is 60.8 Å². The van der Waals surface area contributed by atoms with E-state index in [9.17, 15) is 0 Å². The maximum Gasteiger partial charge on any atom is 0.00763 e. The highest BCUT2D eigenvalue weighted by Crippen LogP contribution is 2.43. The molecule has 0 aliphatic heterocycles. The van der Waals surface area contributed by atoms with Gasteiger partial charge in [0.05, 0.1) is 0 Å². The molecular formula is C40H54. The average molecular weight is 535 g/mol. The molecule has 0 aromatic carbocycles. The summed E-state index contributed by atoms with van der Waals surface area (Å²) in [6.45, 7) is 22.6. The van der Waals surface area contributed by atoms with Gasteiger partial charge in [-0.15, -0.1) is 0 Å². The van der Waals surface area contributed by atoms with Crippen molar-refractivity contribution >= 4 is 0 Å². The first-order valence-electron chi connectivity index (χ1n) is 15.3. The van der Waals surface area contributed by atoms with Crippen molar-refractivity contribution in [3.8, 4) is 23.7 Å². The van der Waals surface area contributed by atoms with E-state index >= 15 is 0 Å². The second-order valence-corrected chi connectivity index (χ2v) is 13.3. The summed E-state index contributed by atoms with van der Waals surface area (Å²) >= 11 is 0. The summed E-state index contributed by atoms with van der Waals surface area (Å²) in [5.41, 5.74) is 9.94. The molecule has 0 amide bonds. The number of rotatable bonds is 6. The van der Waals surface area contributed by atoms with E-state index in [0.29, 0.717) is 11.3 Å². The Morgan fingerprint density at radius 2 is 1.50 bits per heavy atom. The fraction of sp³-hybridized carbons (Fsp3) is 0.500. The summed E-state index contributed by atoms with van der Waals surface area (Å²) in [5, 5.41) is 0. The molecule has 0 nitrogen and oxygen atoms in total. The lowest BCUT2D eigenvalue weighted by Crippen LogP contribution is -2.24. The summed E-state index contributed by atoms with van der Waals surface area (Å²) < 4.78 is 0. The van der Waals surface area contributed by atoms with Gasteiger partial charge < -0.3 is 0 Å². The van der Waals surface area contributed by atoms with Crippen molar-refractivity contribution in [2.45, 2.75) is 114 Å². The van der Waals surface area contributed by atoms with Gasteiger partial charge >= 0.3 is 0 Å². The highest BCUT2D eigenvalue weighted by atomic mass is 14.4. The molecule has 214 valence electrons. The third kappa shape index (κ3) is 11.3. The van der Waals surface area contributed by atoms with Crippen LogP contribution in [0.25, 0.3) is 0 Å². The van der Waals surface area contributed by atoms with Gasteiger partial charge in [-0.05, 0) is 125 Å². The molecule has 1 fully saturated rings. The van der Waals surface area contributed by atoms with Crippen LogP contribution in [0.5, 0.6) is 0 Å². The average Bonchev–Trinajstić information content (AvgIpc) is 2.85. The van der Waals surface area contributed by atoms with E-state index < -0.39 is 0 Å². The molecule has 1 atom stereocenters. The van der Waals surface area contributed by atoms with Crippen molar-refractivity contribution in [2.75, 3.05) is 0 Å². The van der Waals surface area contributed by atoms with E-state index in [0.717, 1.165) is 17.6 Å². The molecule has 0 heteroatoms. The predicted octanol–water partition coefficient (Wildman–Crippen LogP) is 11.6. The molecule has 2 aliphatic carbocycles. The molecule has 0 aromatic heterocycles. The highest BCUT2D eigenvalue weighted by Gasteiger charge is 2.30. The molecule has 0 aromatic rings. The Labute approximate surface area is 247 Å². The van der Waals surface area contributed by atoms with Crippen LogP contribution in [0.2, 0.25) is 0 Å². The summed E-state index contributed by atoms with van der Waals surface area (Å²) in [6.07, 6.45) is 28.1. The van der Waals surface area contributed by atoms with Gasteiger partial charge in [0, 0.05) is 5.57 Å². The number of hydrogen-bond donors (Lipinski definition) is 0. The maximum atomic E-state index is 3.19. The van der Waals surface area contributed by atoms with Crippen molar-refractivity contribution in [1.82, 2.24) is 0 Å². The van der Waals surface area contributed by atoms with Crippen molar-refractivity contribution < 1.29 is 0 Å². The molecule has 0 N–H and O–H groups in total. The van der Waals surface area contributed by atoms with Crippen LogP contribution in [-0.2, 0) is 0 Å². The van der Waals surface area contributed by atoms with Crippen LogP contribution in [-0.4, -0.2) is 0 Å². The molecule has 0 saturated heterocycles. The molecular weight excluding hydrogens is 480 g/mol. The fourth-order valence-electron chi connectivity index (χ4n) is 5.92. The second kappa shape index (κ2) is 15.7. The first-order valence-corrected chi connectivity index (χ1v) is 15.3. The van der Waals surface area contributed by atoms with E-state index in [2.05, 4.69) is 122 Å². The van der Waals surface area contributed by atoms with Gasteiger partial charge in [-0.1, -0.05) is 118 Å². The first-order chi connectivity index (χ1) is 18.8. The smallest absolute Gasteiger partial charge is 0.00763 e. The Morgan fingerprint density at radius 3 is 2.20 bits per heavy atom. The molecule has 1 unspecified atom stereocenters. The van der Waals surface area contributed by atoms with Crippen molar-refractivity contribution in [3.05, 3.63) is 93.7 Å². The highest BCUT2D eigenvalue weighted by molar-refractivity contribution is 5.41. The minimum atomic E-state index is 0.268. The van der Waals surface area contributed by atoms with Gasteiger partial charge in [0.2, 0.25) is 0 Å². The second-order valence-electron chi connectivity index (χ2n) is 13.3. The zero-order chi connectivity index (χ0) is 29.8. The quantitative estimate of drug-likeness (QED) is 0.180. The Kier molecular flexibility index (Phi) is 13.1. The van der Waals surface area contributed by atoms with Crippen LogP contribution in [0, 0.1) is 40.4 Å². The topological polar surface area (TPSA) is 0 Å². The molecule has 0 heterocycles. The number of hydrogen-bond acceptors (Lipinski definition) is 0. The van der Waals surface area contributed by atoms with Crippen molar-refractivity contribution in [3.63, 3.8) is 0 Å². The fourth-order valence-corrected chi connectivity index (χ4v) is 5.92. The van der Waals surface area contributed by atoms with E-state index in [1.807, 2.05) is 25.2 Å². The zero-order valence-electron chi connectivity index (χ0n) is 27.2. The van der Waals surface area contributed by atoms with Crippen LogP contribution in [0.15, 0.2) is 93.7 Å². The first kappa shape index (κ1) is 33.2. The van der Waals surface area contributed by atoms with Gasteiger partial charge in [0.15, 0.2) is 0 Å². The minimum Gasteiger partial charge on any atom is -0.0805 e. The van der Waals surface area contributed by atoms with Crippen LogP contribution in [0.3, 0.4) is 0 Å². The molecule has 0 spiro atoms. The molecule has 0 radical (unpaired) electrons. The SMILES string of the molecule is CC1=C(/C=C/C(C)=C/C#C/C(C)=C/C#C/C=C(C)/C=C\C=C(\C)C/C=C2\C(C)CCCC2(C)C)C(C)(C)CCC1. The van der Waals surface area contributed by atoms with Gasteiger partial charge in [-0.25, -0.2) is 0 Å². The lowest BCUT2D eigenvalue weighted by Gasteiger charge is -2.37. The van der Waals surface area contributed by atoms with E-state index in [-0.39, 0.29) is 5.41 Å². The third-order valence-corrected chi connectivity index (χ3v) is 8.43. The van der Waals surface area contributed by atoms with Gasteiger partial charge in [-0.3, -0.25) is 0 Å². The molecule has 2 rings (SSSR count). The minimum absolute atomic E-state index is 0.268. The Hall–Kier alpha value is -2.96. The van der Waals surface area contributed by atoms with Crippen LogP contribution < -0.4 is 0 Å². The molecule has 40 heavy (non-hydrogen) atoms. The zero-order valence-corrected chi connectivity index (χ0v) is 27.2. The van der Waals surface area contributed by atoms with Crippen LogP contribution in [0.1, 0.15) is 114 Å². The van der Waals surface area contributed by atoms with E-state index in [1.54, 1.807) is 5.57 Å². The van der Waals surface area contributed by atoms with Gasteiger partial charge in [0.25, 0.3) is 0 Å². The lowest BCUT2D eigenvalue weighted by molar-refractivity contribution is 0.288. The molecule has 2 aliphatic rings. The lowest BCUT2D eigenvalue weighted by atomic mass is 9.68. The summed E-state index contributed by atoms with van der Waals surface area (Å²) in [6, 6.07) is 0. The summed E-state index contributed by atoms with van der Waals surface area (Å²) in [7, 11) is 0. The van der Waals surface area contributed by atoms with Crippen molar-refractivity contribution in [2.24, 2.45) is 16.7 Å². The van der Waals surface area contributed by atoms with Crippen molar-refractivity contribution in [1.29, 1.82) is 0 Å². The Bertz CT molecular complexity index is 1260. The van der Waals surface area contributed by atoms with Crippen LogP contribution in [0.4, 0.5) is 0 Å². The normalized spacial score (nSPS) is 23.4. The summed E-state index contributed by atoms with van der Waals surface area (Å²) in [4.78, 5) is 0. The maximum absolute atomic E-state index is 3.19. The van der Waals surface area contributed by atoms with Gasteiger partial charge in [0.1, 0.15) is 0 Å². The summed E-state index contributed by atoms with van der Waals surface area (Å²) in [5.74, 6) is 13.3. The molecule has 0 bridgehead atoms. The predicted molar refractivity (Wildman–Crippen MR) is 179 cm³/mol. The van der Waals surface area contributed by atoms with Crippen LogP contribution >= 0.6 is 0 Å². The monoisotopic (exact) mass is 534 g/mol. The molecule has 1 saturated carbocycles. The third-order valence-electron chi connectivity index (χ3n) is 8.43. The Morgan fingerprint density at radius 1 is 0.850 bits per heavy atom. The largest absolute Gasteiger partial charge is 0.0805 e.